The molecule has 0 aliphatic heterocycles. The molecule has 3 heterocycles. The Morgan fingerprint density at radius 2 is 1.93 bits per heavy atom. The number of imidazole rings is 1. The third-order valence-corrected chi connectivity index (χ3v) is 4.30. The largest absolute Gasteiger partial charge is 0.443 e. The van der Waals surface area contributed by atoms with Crippen molar-refractivity contribution >= 4 is 22.9 Å². The Bertz CT molecular complexity index is 1150. The van der Waals surface area contributed by atoms with Gasteiger partial charge in [0, 0.05) is 6.20 Å². The molecule has 0 fully saturated rings. The Hall–Kier alpha value is -3.23. The molecule has 0 radical (unpaired) electrons. The predicted molar refractivity (Wildman–Crippen MR) is 114 cm³/mol. The molecule has 0 aromatic carbocycles. The van der Waals surface area contributed by atoms with Crippen molar-refractivity contribution in [1.82, 2.24) is 24.1 Å². The molecule has 0 saturated carbocycles. The molecule has 0 saturated heterocycles. The van der Waals surface area contributed by atoms with Gasteiger partial charge < -0.3 is 15.0 Å². The number of hydrogen-bond donors (Lipinski definition) is 1. The third kappa shape index (κ3) is 4.50. The van der Waals surface area contributed by atoms with E-state index < -0.39 is 11.7 Å². The van der Waals surface area contributed by atoms with Gasteiger partial charge in [-0.1, -0.05) is 13.8 Å². The Kier molecular flexibility index (Phi) is 5.65. The Balaban J connectivity index is 2.23. The minimum absolute atomic E-state index is 0.0413. The van der Waals surface area contributed by atoms with Crippen molar-refractivity contribution in [1.29, 1.82) is 0 Å². The van der Waals surface area contributed by atoms with E-state index in [0.29, 0.717) is 35.2 Å². The van der Waals surface area contributed by atoms with Crippen LogP contribution < -0.4 is 11.3 Å². The van der Waals surface area contributed by atoms with Gasteiger partial charge in [-0.25, -0.2) is 24.3 Å². The average Bonchev–Trinajstić information content (AvgIpc) is 2.95. The first kappa shape index (κ1) is 21.5. The van der Waals surface area contributed by atoms with E-state index in [2.05, 4.69) is 28.8 Å². The molecule has 3 aromatic rings. The van der Waals surface area contributed by atoms with Crippen molar-refractivity contribution in [2.45, 2.75) is 60.1 Å². The van der Waals surface area contributed by atoms with Crippen molar-refractivity contribution in [2.24, 2.45) is 5.92 Å². The van der Waals surface area contributed by atoms with Crippen molar-refractivity contribution < 1.29 is 9.53 Å². The maximum absolute atomic E-state index is 13.1. The molecule has 9 nitrogen and oxygen atoms in total. The molecule has 0 amide bonds. The van der Waals surface area contributed by atoms with Crippen LogP contribution in [0.15, 0.2) is 23.1 Å². The van der Waals surface area contributed by atoms with Gasteiger partial charge in [-0.15, -0.1) is 0 Å². The van der Waals surface area contributed by atoms with Crippen molar-refractivity contribution in [3.8, 4) is 0 Å². The number of hydrogen-bond acceptors (Lipinski definition) is 7. The molecule has 0 bridgehead atoms. The maximum Gasteiger partial charge on any atom is 0.421 e. The van der Waals surface area contributed by atoms with E-state index >= 15 is 0 Å². The summed E-state index contributed by atoms with van der Waals surface area (Å²) in [5, 5.41) is 0. The maximum atomic E-state index is 13.1. The van der Waals surface area contributed by atoms with Crippen LogP contribution in [0, 0.1) is 12.8 Å². The number of aromatic nitrogens is 5. The molecule has 2 N–H and O–H groups in total. The van der Waals surface area contributed by atoms with Gasteiger partial charge in [-0.05, 0) is 52.2 Å². The number of fused-ring (bicyclic) bond motifs is 1. The van der Waals surface area contributed by atoms with Crippen LogP contribution in [0.2, 0.25) is 0 Å². The van der Waals surface area contributed by atoms with Crippen molar-refractivity contribution in [3.05, 3.63) is 46.0 Å². The highest BCUT2D eigenvalue weighted by atomic mass is 16.6. The third-order valence-electron chi connectivity index (χ3n) is 4.30. The first-order chi connectivity index (χ1) is 14.0. The van der Waals surface area contributed by atoms with Gasteiger partial charge in [0.25, 0.3) is 5.56 Å². The first-order valence-electron chi connectivity index (χ1n) is 9.89. The molecule has 3 aromatic heterocycles. The average molecular weight is 412 g/mol. The van der Waals surface area contributed by atoms with Crippen LogP contribution in [0.25, 0.3) is 11.2 Å². The lowest BCUT2D eigenvalue weighted by Gasteiger charge is -2.20. The van der Waals surface area contributed by atoms with Crippen LogP contribution in [-0.2, 0) is 17.7 Å². The summed E-state index contributed by atoms with van der Waals surface area (Å²) >= 11 is 0. The SMILES string of the molecule is Cc1nc(CC(C)C)c2nc(Cn3cccc(N)c3=O)n(C(=O)OC(C)(C)C)c2n1. The summed E-state index contributed by atoms with van der Waals surface area (Å²) < 4.78 is 8.33. The molecule has 3 rings (SSSR count). The normalized spacial score (nSPS) is 12.0. The first-order valence-corrected chi connectivity index (χ1v) is 9.89. The number of carbonyl (C=O) groups excluding carboxylic acids is 1. The summed E-state index contributed by atoms with van der Waals surface area (Å²) in [6.07, 6.45) is 1.68. The summed E-state index contributed by atoms with van der Waals surface area (Å²) in [5.41, 5.74) is 6.48. The summed E-state index contributed by atoms with van der Waals surface area (Å²) in [4.78, 5) is 39.2. The fourth-order valence-corrected chi connectivity index (χ4v) is 3.15. The van der Waals surface area contributed by atoms with Gasteiger partial charge in [-0.2, -0.15) is 0 Å². The molecular weight excluding hydrogens is 384 g/mol. The second-order valence-electron chi connectivity index (χ2n) is 8.73. The summed E-state index contributed by atoms with van der Waals surface area (Å²) in [5.74, 6) is 1.21. The number of pyridine rings is 1. The number of carbonyl (C=O) groups is 1. The molecular formula is C21H28N6O3. The smallest absolute Gasteiger partial charge is 0.421 e. The Morgan fingerprint density at radius 1 is 1.23 bits per heavy atom. The quantitative estimate of drug-likeness (QED) is 0.700. The van der Waals surface area contributed by atoms with Crippen LogP contribution >= 0.6 is 0 Å². The lowest BCUT2D eigenvalue weighted by molar-refractivity contribution is 0.0537. The second-order valence-corrected chi connectivity index (χ2v) is 8.73. The van der Waals surface area contributed by atoms with E-state index in [-0.39, 0.29) is 17.8 Å². The number of nitrogen functional groups attached to an aromatic ring is 1. The molecule has 30 heavy (non-hydrogen) atoms. The van der Waals surface area contributed by atoms with Gasteiger partial charge in [-0.3, -0.25) is 4.79 Å². The monoisotopic (exact) mass is 412 g/mol. The van der Waals surface area contributed by atoms with E-state index in [9.17, 15) is 9.59 Å². The van der Waals surface area contributed by atoms with Crippen LogP contribution in [0.5, 0.6) is 0 Å². The molecule has 0 spiro atoms. The summed E-state index contributed by atoms with van der Waals surface area (Å²) in [6.45, 7) is 11.4. The molecule has 9 heteroatoms. The number of nitrogens with zero attached hydrogens (tertiary/aromatic N) is 5. The van der Waals surface area contributed by atoms with Crippen LogP contribution in [0.1, 0.15) is 52.0 Å². The number of rotatable bonds is 4. The zero-order valence-corrected chi connectivity index (χ0v) is 18.3. The number of ether oxygens (including phenoxy) is 1. The predicted octanol–water partition coefficient (Wildman–Crippen LogP) is 2.91. The van der Waals surface area contributed by atoms with Crippen molar-refractivity contribution in [2.75, 3.05) is 5.73 Å². The van der Waals surface area contributed by atoms with Crippen LogP contribution in [0.4, 0.5) is 10.5 Å². The molecule has 0 aliphatic rings. The Morgan fingerprint density at radius 3 is 2.57 bits per heavy atom. The molecule has 0 aliphatic carbocycles. The molecule has 0 unspecified atom stereocenters. The fourth-order valence-electron chi connectivity index (χ4n) is 3.15. The number of nitrogens with two attached hydrogens (primary N) is 1. The number of anilines is 1. The van der Waals surface area contributed by atoms with Gasteiger partial charge in [0.15, 0.2) is 5.65 Å². The van der Waals surface area contributed by atoms with Crippen LogP contribution in [0.3, 0.4) is 0 Å². The fraction of sp³-hybridized carbons (Fsp3) is 0.476. The number of aryl methyl sites for hydroxylation is 1. The molecule has 0 atom stereocenters. The topological polar surface area (TPSA) is 118 Å². The second kappa shape index (κ2) is 7.89. The van der Waals surface area contributed by atoms with Gasteiger partial charge in [0.2, 0.25) is 0 Å². The lowest BCUT2D eigenvalue weighted by Crippen LogP contribution is -2.30. The van der Waals surface area contributed by atoms with Crippen molar-refractivity contribution in [3.63, 3.8) is 0 Å². The zero-order valence-electron chi connectivity index (χ0n) is 18.3. The lowest BCUT2D eigenvalue weighted by atomic mass is 10.1. The van der Waals surface area contributed by atoms with Gasteiger partial charge >= 0.3 is 6.09 Å². The van der Waals surface area contributed by atoms with Gasteiger partial charge in [0.05, 0.1) is 17.9 Å². The van der Waals surface area contributed by atoms with E-state index in [1.54, 1.807) is 40.0 Å². The Labute approximate surface area is 174 Å². The van der Waals surface area contributed by atoms with E-state index in [1.807, 2.05) is 0 Å². The standard InChI is InChI=1S/C21H28N6O3/c1-12(2)10-15-17-18(24-13(3)23-15)27(20(29)30-21(4,5)6)16(25-17)11-26-9-7-8-14(22)19(26)28/h7-9,12H,10-11,22H2,1-6H3. The van der Waals surface area contributed by atoms with E-state index in [0.717, 1.165) is 5.69 Å². The summed E-state index contributed by atoms with van der Waals surface area (Å²) in [6, 6.07) is 3.20. The highest BCUT2D eigenvalue weighted by molar-refractivity contribution is 5.86. The van der Waals surface area contributed by atoms with Crippen LogP contribution in [-0.4, -0.2) is 35.8 Å². The van der Waals surface area contributed by atoms with Gasteiger partial charge in [0.1, 0.15) is 22.8 Å². The summed E-state index contributed by atoms with van der Waals surface area (Å²) in [7, 11) is 0. The minimum atomic E-state index is -0.707. The highest BCUT2D eigenvalue weighted by Crippen LogP contribution is 2.22. The minimum Gasteiger partial charge on any atom is -0.443 e. The zero-order chi connectivity index (χ0) is 22.2. The highest BCUT2D eigenvalue weighted by Gasteiger charge is 2.26. The van der Waals surface area contributed by atoms with E-state index in [1.165, 1.54) is 15.2 Å². The molecule has 160 valence electrons. The van der Waals surface area contributed by atoms with E-state index in [4.69, 9.17) is 10.5 Å².